The largest absolute Gasteiger partial charge is 0.497 e. The van der Waals surface area contributed by atoms with Gasteiger partial charge in [0.15, 0.2) is 5.96 Å². The molecule has 0 spiro atoms. The average Bonchev–Trinajstić information content (AvgIpc) is 2.84. The molecule has 0 aromatic heterocycles. The minimum absolute atomic E-state index is 0. The van der Waals surface area contributed by atoms with Crippen LogP contribution in [0.1, 0.15) is 15.9 Å². The lowest BCUT2D eigenvalue weighted by Crippen LogP contribution is -2.52. The second kappa shape index (κ2) is 12.4. The van der Waals surface area contributed by atoms with Gasteiger partial charge >= 0.3 is 5.97 Å². The van der Waals surface area contributed by atoms with Gasteiger partial charge in [-0.15, -0.1) is 24.0 Å². The van der Waals surface area contributed by atoms with Crippen molar-refractivity contribution in [3.05, 3.63) is 53.6 Å². The third kappa shape index (κ3) is 6.18. The lowest BCUT2D eigenvalue weighted by atomic mass is 10.1. The number of rotatable bonds is 6. The summed E-state index contributed by atoms with van der Waals surface area (Å²) < 4.78 is 15.4. The summed E-state index contributed by atoms with van der Waals surface area (Å²) in [6, 6.07) is 13.6. The summed E-state index contributed by atoms with van der Waals surface area (Å²) in [4.78, 5) is 21.0. The maximum Gasteiger partial charge on any atom is 0.341 e. The molecule has 1 aliphatic rings. The van der Waals surface area contributed by atoms with Gasteiger partial charge in [-0.25, -0.2) is 4.79 Å². The van der Waals surface area contributed by atoms with Crippen molar-refractivity contribution in [3.63, 3.8) is 0 Å². The SMILES string of the molecule is CN=C(NCc1ccc(OC)c(C(=O)OC)c1)N1CCN(c2ccc(OC)cc2)CC1.I. The molecule has 0 saturated carbocycles. The first-order valence-electron chi connectivity index (χ1n) is 10.2. The molecule has 3 rings (SSSR count). The van der Waals surface area contributed by atoms with E-state index in [9.17, 15) is 4.79 Å². The maximum atomic E-state index is 12.0. The third-order valence-electron chi connectivity index (χ3n) is 5.35. The summed E-state index contributed by atoms with van der Waals surface area (Å²) in [6.07, 6.45) is 0. The zero-order valence-electron chi connectivity index (χ0n) is 19.0. The summed E-state index contributed by atoms with van der Waals surface area (Å²) in [5.41, 5.74) is 2.54. The van der Waals surface area contributed by atoms with E-state index in [1.54, 1.807) is 26.3 Å². The quantitative estimate of drug-likeness (QED) is 0.255. The first kappa shape index (κ1) is 25.6. The van der Waals surface area contributed by atoms with Gasteiger partial charge in [0, 0.05) is 45.5 Å². The van der Waals surface area contributed by atoms with Crippen molar-refractivity contribution >= 4 is 41.6 Å². The second-order valence-electron chi connectivity index (χ2n) is 7.10. The Hall–Kier alpha value is -2.69. The molecule has 2 aromatic rings. The Kier molecular flexibility index (Phi) is 9.89. The van der Waals surface area contributed by atoms with E-state index in [1.165, 1.54) is 19.9 Å². The molecule has 0 radical (unpaired) electrons. The Morgan fingerprint density at radius 2 is 1.69 bits per heavy atom. The number of carbonyl (C=O) groups excluding carboxylic acids is 1. The zero-order chi connectivity index (χ0) is 22.2. The number of hydrogen-bond donors (Lipinski definition) is 1. The minimum atomic E-state index is -0.419. The monoisotopic (exact) mass is 554 g/mol. The van der Waals surface area contributed by atoms with E-state index in [0.717, 1.165) is 43.5 Å². The highest BCUT2D eigenvalue weighted by Crippen LogP contribution is 2.22. The highest BCUT2D eigenvalue weighted by Gasteiger charge is 2.20. The molecule has 1 saturated heterocycles. The number of halogens is 1. The van der Waals surface area contributed by atoms with Crippen LogP contribution in [0.3, 0.4) is 0 Å². The summed E-state index contributed by atoms with van der Waals surface area (Å²) in [5, 5.41) is 3.39. The standard InChI is InChI=1S/C23H30N4O4.HI/c1-24-23(25-16-17-5-10-21(30-3)20(15-17)22(28)31-4)27-13-11-26(12-14-27)18-6-8-19(29-2)9-7-18;/h5-10,15H,11-14,16H2,1-4H3,(H,24,25);1H. The van der Waals surface area contributed by atoms with Gasteiger partial charge in [-0.05, 0) is 42.0 Å². The lowest BCUT2D eigenvalue weighted by Gasteiger charge is -2.37. The van der Waals surface area contributed by atoms with E-state index >= 15 is 0 Å². The van der Waals surface area contributed by atoms with Crippen molar-refractivity contribution in [1.82, 2.24) is 10.2 Å². The summed E-state index contributed by atoms with van der Waals surface area (Å²) in [5.74, 6) is 1.78. The molecule has 9 heteroatoms. The second-order valence-corrected chi connectivity index (χ2v) is 7.10. The number of piperazine rings is 1. The molecule has 1 fully saturated rings. The number of aliphatic imine (C=N–C) groups is 1. The molecule has 0 amide bonds. The summed E-state index contributed by atoms with van der Waals surface area (Å²) >= 11 is 0. The highest BCUT2D eigenvalue weighted by molar-refractivity contribution is 14.0. The molecular weight excluding hydrogens is 523 g/mol. The Morgan fingerprint density at radius 3 is 2.25 bits per heavy atom. The smallest absolute Gasteiger partial charge is 0.341 e. The highest BCUT2D eigenvalue weighted by atomic mass is 127. The van der Waals surface area contributed by atoms with Gasteiger partial charge in [0.2, 0.25) is 0 Å². The maximum absolute atomic E-state index is 12.0. The molecule has 174 valence electrons. The summed E-state index contributed by atoms with van der Waals surface area (Å²) in [7, 11) is 6.36. The van der Waals surface area contributed by atoms with Crippen LogP contribution in [-0.4, -0.2) is 71.4 Å². The van der Waals surface area contributed by atoms with E-state index in [2.05, 4.69) is 32.2 Å². The lowest BCUT2D eigenvalue weighted by molar-refractivity contribution is 0.0597. The van der Waals surface area contributed by atoms with Crippen molar-refractivity contribution < 1.29 is 19.0 Å². The fraction of sp³-hybridized carbons (Fsp3) is 0.391. The van der Waals surface area contributed by atoms with Crippen molar-refractivity contribution in [1.29, 1.82) is 0 Å². The number of nitrogens with zero attached hydrogens (tertiary/aromatic N) is 3. The third-order valence-corrected chi connectivity index (χ3v) is 5.35. The molecule has 8 nitrogen and oxygen atoms in total. The first-order valence-corrected chi connectivity index (χ1v) is 10.2. The van der Waals surface area contributed by atoms with E-state index in [1.807, 2.05) is 18.2 Å². The number of benzene rings is 2. The van der Waals surface area contributed by atoms with Gasteiger partial charge in [-0.2, -0.15) is 0 Å². The Bertz CT molecular complexity index is 913. The van der Waals surface area contributed by atoms with Crippen LogP contribution >= 0.6 is 24.0 Å². The Balaban J connectivity index is 0.00000363. The van der Waals surface area contributed by atoms with Crippen molar-refractivity contribution in [2.45, 2.75) is 6.54 Å². The zero-order valence-corrected chi connectivity index (χ0v) is 21.3. The average molecular weight is 554 g/mol. The van der Waals surface area contributed by atoms with Crippen LogP contribution in [0, 0.1) is 0 Å². The molecular formula is C23H31IN4O4. The topological polar surface area (TPSA) is 75.6 Å². The minimum Gasteiger partial charge on any atom is -0.497 e. The number of hydrogen-bond acceptors (Lipinski definition) is 6. The van der Waals surface area contributed by atoms with Crippen LogP contribution in [0.2, 0.25) is 0 Å². The number of ether oxygens (including phenoxy) is 3. The van der Waals surface area contributed by atoms with Crippen LogP contribution < -0.4 is 19.7 Å². The van der Waals surface area contributed by atoms with Crippen LogP contribution in [0.4, 0.5) is 5.69 Å². The number of methoxy groups -OCH3 is 3. The number of carbonyl (C=O) groups is 1. The van der Waals surface area contributed by atoms with E-state index in [0.29, 0.717) is 17.9 Å². The molecule has 0 unspecified atom stereocenters. The van der Waals surface area contributed by atoms with Crippen LogP contribution in [0.15, 0.2) is 47.5 Å². The van der Waals surface area contributed by atoms with Gasteiger partial charge in [0.05, 0.1) is 21.3 Å². The fourth-order valence-electron chi connectivity index (χ4n) is 3.62. The molecule has 1 heterocycles. The number of nitrogens with one attached hydrogen (secondary N) is 1. The Labute approximate surface area is 206 Å². The number of esters is 1. The molecule has 1 N–H and O–H groups in total. The van der Waals surface area contributed by atoms with Crippen molar-refractivity contribution in [3.8, 4) is 11.5 Å². The fourth-order valence-corrected chi connectivity index (χ4v) is 3.62. The summed E-state index contributed by atoms with van der Waals surface area (Å²) in [6.45, 7) is 4.08. The van der Waals surface area contributed by atoms with Gasteiger partial charge in [-0.1, -0.05) is 6.07 Å². The predicted molar refractivity (Wildman–Crippen MR) is 137 cm³/mol. The van der Waals surface area contributed by atoms with E-state index in [-0.39, 0.29) is 24.0 Å². The molecule has 32 heavy (non-hydrogen) atoms. The normalized spacial score (nSPS) is 13.8. The molecule has 0 atom stereocenters. The first-order chi connectivity index (χ1) is 15.1. The van der Waals surface area contributed by atoms with Crippen LogP contribution in [-0.2, 0) is 11.3 Å². The number of guanidine groups is 1. The molecule has 2 aromatic carbocycles. The molecule has 1 aliphatic heterocycles. The van der Waals surface area contributed by atoms with Gasteiger partial charge in [0.1, 0.15) is 17.1 Å². The van der Waals surface area contributed by atoms with E-state index < -0.39 is 5.97 Å². The van der Waals surface area contributed by atoms with Crippen molar-refractivity contribution in [2.24, 2.45) is 4.99 Å². The predicted octanol–water partition coefficient (Wildman–Crippen LogP) is 3.01. The van der Waals surface area contributed by atoms with Gasteiger partial charge in [-0.3, -0.25) is 4.99 Å². The van der Waals surface area contributed by atoms with Crippen LogP contribution in [0.25, 0.3) is 0 Å². The van der Waals surface area contributed by atoms with Gasteiger partial charge < -0.3 is 29.3 Å². The van der Waals surface area contributed by atoms with E-state index in [4.69, 9.17) is 14.2 Å². The van der Waals surface area contributed by atoms with Crippen molar-refractivity contribution in [2.75, 3.05) is 59.5 Å². The van der Waals surface area contributed by atoms with Gasteiger partial charge in [0.25, 0.3) is 0 Å². The molecule has 0 aliphatic carbocycles. The van der Waals surface area contributed by atoms with Crippen LogP contribution in [0.5, 0.6) is 11.5 Å². The Morgan fingerprint density at radius 1 is 1.00 bits per heavy atom. The molecule has 0 bridgehead atoms. The number of anilines is 1.